The zero-order valence-electron chi connectivity index (χ0n) is 19.1. The number of aromatic nitrogens is 1. The summed E-state index contributed by atoms with van der Waals surface area (Å²) < 4.78 is 1.13. The van der Waals surface area contributed by atoms with Crippen molar-refractivity contribution in [1.29, 1.82) is 0 Å². The topological polar surface area (TPSA) is 48.8 Å². The highest BCUT2D eigenvalue weighted by Gasteiger charge is 2.40. The first-order valence-electron chi connectivity index (χ1n) is 10.9. The maximum Gasteiger partial charge on any atom is 0.274 e. The predicted molar refractivity (Wildman–Crippen MR) is 150 cm³/mol. The Labute approximate surface area is 220 Å². The number of benzene rings is 3. The number of carbonyl (C=O) groups is 1. The number of amidine groups is 1. The molecule has 1 aromatic heterocycles. The monoisotopic (exact) mass is 534 g/mol. The van der Waals surface area contributed by atoms with E-state index in [1.54, 1.807) is 28.0 Å². The lowest BCUT2D eigenvalue weighted by Gasteiger charge is -2.17. The van der Waals surface area contributed by atoms with E-state index in [9.17, 15) is 4.79 Å². The van der Waals surface area contributed by atoms with Crippen LogP contribution in [0.25, 0.3) is 10.2 Å². The third-order valence-electron chi connectivity index (χ3n) is 5.73. The van der Waals surface area contributed by atoms with Crippen LogP contribution in [0.1, 0.15) is 10.6 Å². The van der Waals surface area contributed by atoms with Gasteiger partial charge in [-0.25, -0.2) is 9.98 Å². The fourth-order valence-electron chi connectivity index (χ4n) is 4.10. The second-order valence-electron chi connectivity index (χ2n) is 8.27. The molecule has 0 radical (unpaired) electrons. The van der Waals surface area contributed by atoms with Crippen molar-refractivity contribution in [2.75, 3.05) is 16.8 Å². The van der Waals surface area contributed by atoms with E-state index >= 15 is 0 Å². The molecule has 9 heteroatoms. The smallest absolute Gasteiger partial charge is 0.274 e. The van der Waals surface area contributed by atoms with Crippen molar-refractivity contribution in [2.45, 2.75) is 18.7 Å². The molecule has 0 atom stereocenters. The van der Waals surface area contributed by atoms with Crippen molar-refractivity contribution in [2.24, 2.45) is 4.99 Å². The molecule has 0 spiro atoms. The van der Waals surface area contributed by atoms with E-state index in [1.807, 2.05) is 86.5 Å². The molecule has 1 amide bonds. The van der Waals surface area contributed by atoms with Crippen molar-refractivity contribution in [3.8, 4) is 0 Å². The normalized spacial score (nSPS) is 18.9. The molecule has 0 unspecified atom stereocenters. The Morgan fingerprint density at radius 3 is 2.69 bits per heavy atom. The van der Waals surface area contributed by atoms with E-state index in [0.717, 1.165) is 47.8 Å². The highest BCUT2D eigenvalue weighted by Crippen LogP contribution is 2.51. The SMILES string of the molecule is Cc1cccc(N2C(=O)C(=C3Sc4ccc(Cl)cc4N3C)SC2=Nc2ccc3sc(C)nc3c2)c1. The van der Waals surface area contributed by atoms with E-state index in [4.69, 9.17) is 16.6 Å². The van der Waals surface area contributed by atoms with Crippen LogP contribution in [-0.4, -0.2) is 23.1 Å². The van der Waals surface area contributed by atoms with Gasteiger partial charge in [-0.3, -0.25) is 9.69 Å². The number of hydrogen-bond acceptors (Lipinski definition) is 7. The van der Waals surface area contributed by atoms with E-state index in [0.29, 0.717) is 15.1 Å². The van der Waals surface area contributed by atoms with Crippen molar-refractivity contribution in [3.05, 3.63) is 86.2 Å². The summed E-state index contributed by atoms with van der Waals surface area (Å²) in [6, 6.07) is 19.7. The van der Waals surface area contributed by atoms with E-state index in [-0.39, 0.29) is 5.91 Å². The Kier molecular flexibility index (Phi) is 5.64. The molecule has 4 aromatic rings. The Morgan fingerprint density at radius 2 is 1.86 bits per heavy atom. The maximum absolute atomic E-state index is 13.9. The van der Waals surface area contributed by atoms with Gasteiger partial charge in [0.15, 0.2) is 5.17 Å². The lowest BCUT2D eigenvalue weighted by Crippen LogP contribution is -2.29. The number of carbonyl (C=O) groups excluding carboxylic acids is 1. The highest BCUT2D eigenvalue weighted by atomic mass is 35.5. The number of rotatable bonds is 2. The zero-order chi connectivity index (χ0) is 24.3. The molecule has 174 valence electrons. The Hall–Kier alpha value is -2.78. The molecule has 3 heterocycles. The van der Waals surface area contributed by atoms with Gasteiger partial charge >= 0.3 is 0 Å². The molecule has 2 aliphatic rings. The molecular weight excluding hydrogens is 516 g/mol. The molecule has 5 nitrogen and oxygen atoms in total. The molecule has 0 saturated carbocycles. The van der Waals surface area contributed by atoms with Gasteiger partial charge in [0.2, 0.25) is 0 Å². The molecule has 35 heavy (non-hydrogen) atoms. The second kappa shape index (κ2) is 8.71. The third-order valence-corrected chi connectivity index (χ3v) is 9.31. The number of hydrogen-bond donors (Lipinski definition) is 0. The Morgan fingerprint density at radius 1 is 1.00 bits per heavy atom. The number of aryl methyl sites for hydroxylation is 2. The van der Waals surface area contributed by atoms with E-state index in [1.165, 1.54) is 11.8 Å². The van der Waals surface area contributed by atoms with Crippen LogP contribution in [0.4, 0.5) is 17.1 Å². The maximum atomic E-state index is 13.9. The number of nitrogens with zero attached hydrogens (tertiary/aromatic N) is 4. The van der Waals surface area contributed by atoms with Gasteiger partial charge in [0, 0.05) is 17.0 Å². The van der Waals surface area contributed by atoms with Gasteiger partial charge in [-0.2, -0.15) is 0 Å². The van der Waals surface area contributed by atoms with Crippen molar-refractivity contribution >= 4 is 84.8 Å². The minimum absolute atomic E-state index is 0.0850. The summed E-state index contributed by atoms with van der Waals surface area (Å²) in [5.74, 6) is -0.0850. The number of amides is 1. The van der Waals surface area contributed by atoms with Crippen molar-refractivity contribution in [3.63, 3.8) is 0 Å². The fourth-order valence-corrected chi connectivity index (χ4v) is 7.40. The van der Waals surface area contributed by atoms with Crippen molar-refractivity contribution in [1.82, 2.24) is 4.98 Å². The lowest BCUT2D eigenvalue weighted by molar-refractivity contribution is -0.113. The van der Waals surface area contributed by atoms with Crippen LogP contribution in [0.5, 0.6) is 0 Å². The van der Waals surface area contributed by atoms with Crippen LogP contribution in [0.3, 0.4) is 0 Å². The first-order valence-corrected chi connectivity index (χ1v) is 13.7. The second-order valence-corrected chi connectivity index (χ2v) is 11.9. The predicted octanol–water partition coefficient (Wildman–Crippen LogP) is 7.75. The minimum Gasteiger partial charge on any atom is -0.337 e. The first kappa shape index (κ1) is 22.7. The molecule has 0 N–H and O–H groups in total. The minimum atomic E-state index is -0.0850. The van der Waals surface area contributed by atoms with Gasteiger partial charge in [-0.05, 0) is 79.7 Å². The number of thiazole rings is 1. The largest absolute Gasteiger partial charge is 0.337 e. The molecule has 6 rings (SSSR count). The number of anilines is 2. The molecule has 0 bridgehead atoms. The molecule has 2 aliphatic heterocycles. The molecular formula is C26H19ClN4OS3. The Balaban J connectivity index is 1.47. The third kappa shape index (κ3) is 4.04. The van der Waals surface area contributed by atoms with E-state index < -0.39 is 0 Å². The van der Waals surface area contributed by atoms with Crippen LogP contribution in [0, 0.1) is 13.8 Å². The summed E-state index contributed by atoms with van der Waals surface area (Å²) in [6.45, 7) is 4.02. The van der Waals surface area contributed by atoms with Crippen LogP contribution >= 0.6 is 46.5 Å². The average Bonchev–Trinajstić information content (AvgIpc) is 3.46. The number of fused-ring (bicyclic) bond motifs is 2. The lowest BCUT2D eigenvalue weighted by atomic mass is 10.2. The highest BCUT2D eigenvalue weighted by molar-refractivity contribution is 8.20. The molecule has 1 fully saturated rings. The first-order chi connectivity index (χ1) is 16.9. The molecule has 0 aliphatic carbocycles. The number of halogens is 1. The van der Waals surface area contributed by atoms with Gasteiger partial charge in [-0.15, -0.1) is 11.3 Å². The number of thioether (sulfide) groups is 2. The van der Waals surface area contributed by atoms with Crippen LogP contribution in [0.15, 0.2) is 80.5 Å². The molecule has 3 aromatic carbocycles. The van der Waals surface area contributed by atoms with Gasteiger partial charge in [-0.1, -0.05) is 35.5 Å². The number of aliphatic imine (C=N–C) groups is 1. The van der Waals surface area contributed by atoms with Gasteiger partial charge in [0.1, 0.15) is 4.91 Å². The van der Waals surface area contributed by atoms with Crippen LogP contribution in [0.2, 0.25) is 5.02 Å². The Bertz CT molecular complexity index is 1590. The quantitative estimate of drug-likeness (QED) is 0.246. The van der Waals surface area contributed by atoms with Gasteiger partial charge in [0.25, 0.3) is 5.91 Å². The van der Waals surface area contributed by atoms with Gasteiger partial charge in [0.05, 0.1) is 37.3 Å². The average molecular weight is 535 g/mol. The zero-order valence-corrected chi connectivity index (χ0v) is 22.3. The fraction of sp³-hybridized carbons (Fsp3) is 0.115. The summed E-state index contributed by atoms with van der Waals surface area (Å²) >= 11 is 10.9. The summed E-state index contributed by atoms with van der Waals surface area (Å²) in [7, 11) is 1.97. The summed E-state index contributed by atoms with van der Waals surface area (Å²) in [6.07, 6.45) is 0. The van der Waals surface area contributed by atoms with Crippen LogP contribution < -0.4 is 9.80 Å². The standard InChI is InChI=1S/C26H19ClN4OS3/c1-14-5-4-6-18(11-14)31-24(32)23(25-30(3)20-12-16(27)7-9-22(20)34-25)35-26(31)29-17-8-10-21-19(13-17)28-15(2)33-21/h4-13H,1-3H3. The van der Waals surface area contributed by atoms with Crippen molar-refractivity contribution < 1.29 is 4.79 Å². The van der Waals surface area contributed by atoms with Crippen LogP contribution in [-0.2, 0) is 4.79 Å². The summed E-state index contributed by atoms with van der Waals surface area (Å²) in [5, 5.41) is 3.19. The molecule has 1 saturated heterocycles. The summed E-state index contributed by atoms with van der Waals surface area (Å²) in [4.78, 5) is 28.9. The van der Waals surface area contributed by atoms with Gasteiger partial charge < -0.3 is 4.90 Å². The van der Waals surface area contributed by atoms with E-state index in [2.05, 4.69) is 4.98 Å². The summed E-state index contributed by atoms with van der Waals surface area (Å²) in [5.41, 5.74) is 4.56.